The summed E-state index contributed by atoms with van der Waals surface area (Å²) in [5, 5.41) is 15.0. The normalized spacial score (nSPS) is 11.6. The zero-order valence-electron chi connectivity index (χ0n) is 12.5. The Morgan fingerprint density at radius 2 is 1.96 bits per heavy atom. The minimum Gasteiger partial charge on any atom is -0.493 e. The molecule has 0 saturated heterocycles. The van der Waals surface area contributed by atoms with Crippen LogP contribution in [0.3, 0.4) is 0 Å². The summed E-state index contributed by atoms with van der Waals surface area (Å²) < 4.78 is 34.1. The molecule has 0 aliphatic carbocycles. The SMILES string of the molecule is COc1cccc2cc(-c3cc(C(=O)O)cc(S(N)(=O)=O)c3)oc12. The van der Waals surface area contributed by atoms with Crippen LogP contribution in [0.4, 0.5) is 0 Å². The maximum atomic E-state index is 11.6. The van der Waals surface area contributed by atoms with E-state index in [2.05, 4.69) is 0 Å². The number of carbonyl (C=O) groups is 1. The van der Waals surface area contributed by atoms with Crippen LogP contribution in [-0.4, -0.2) is 26.6 Å². The molecule has 1 heterocycles. The van der Waals surface area contributed by atoms with E-state index in [1.807, 2.05) is 0 Å². The molecule has 7 nitrogen and oxygen atoms in total. The molecular weight excluding hydrogens is 334 g/mol. The van der Waals surface area contributed by atoms with Crippen LogP contribution in [-0.2, 0) is 10.0 Å². The highest BCUT2D eigenvalue weighted by molar-refractivity contribution is 7.89. The molecule has 124 valence electrons. The molecule has 3 rings (SSSR count). The quantitative estimate of drug-likeness (QED) is 0.748. The van der Waals surface area contributed by atoms with Gasteiger partial charge in [-0.05, 0) is 30.3 Å². The second-order valence-electron chi connectivity index (χ2n) is 5.09. The van der Waals surface area contributed by atoms with Gasteiger partial charge in [-0.1, -0.05) is 12.1 Å². The average molecular weight is 347 g/mol. The Morgan fingerprint density at radius 3 is 2.58 bits per heavy atom. The number of benzene rings is 2. The minimum absolute atomic E-state index is 0.205. The third-order valence-corrected chi connectivity index (χ3v) is 4.39. The van der Waals surface area contributed by atoms with Gasteiger partial charge >= 0.3 is 5.97 Å². The highest BCUT2D eigenvalue weighted by atomic mass is 32.2. The largest absolute Gasteiger partial charge is 0.493 e. The number of carboxylic acids is 1. The molecule has 0 radical (unpaired) electrons. The van der Waals surface area contributed by atoms with E-state index in [9.17, 15) is 18.3 Å². The lowest BCUT2D eigenvalue weighted by Crippen LogP contribution is -2.13. The molecule has 0 saturated carbocycles. The summed E-state index contributed by atoms with van der Waals surface area (Å²) >= 11 is 0. The van der Waals surface area contributed by atoms with Gasteiger partial charge in [0.1, 0.15) is 5.76 Å². The molecule has 0 atom stereocenters. The van der Waals surface area contributed by atoms with Crippen LogP contribution in [0.1, 0.15) is 10.4 Å². The van der Waals surface area contributed by atoms with Crippen LogP contribution in [0.15, 0.2) is 51.8 Å². The van der Waals surface area contributed by atoms with E-state index in [0.29, 0.717) is 17.1 Å². The Labute approximate surface area is 137 Å². The van der Waals surface area contributed by atoms with Crippen molar-refractivity contribution in [1.29, 1.82) is 0 Å². The maximum absolute atomic E-state index is 11.6. The molecule has 1 aromatic heterocycles. The van der Waals surface area contributed by atoms with Gasteiger partial charge in [0.25, 0.3) is 0 Å². The fourth-order valence-corrected chi connectivity index (χ4v) is 2.95. The van der Waals surface area contributed by atoms with Gasteiger partial charge < -0.3 is 14.3 Å². The van der Waals surface area contributed by atoms with Crippen molar-refractivity contribution in [1.82, 2.24) is 0 Å². The summed E-state index contributed by atoms with van der Waals surface area (Å²) in [7, 11) is -2.56. The lowest BCUT2D eigenvalue weighted by molar-refractivity contribution is 0.0696. The molecule has 8 heteroatoms. The van der Waals surface area contributed by atoms with Crippen LogP contribution in [0.2, 0.25) is 0 Å². The molecule has 24 heavy (non-hydrogen) atoms. The number of primary sulfonamides is 1. The van der Waals surface area contributed by atoms with Crippen molar-refractivity contribution in [3.8, 4) is 17.1 Å². The van der Waals surface area contributed by atoms with Crippen LogP contribution >= 0.6 is 0 Å². The summed E-state index contributed by atoms with van der Waals surface area (Å²) in [6.45, 7) is 0. The Hall–Kier alpha value is -2.84. The van der Waals surface area contributed by atoms with Gasteiger partial charge in [0.15, 0.2) is 11.3 Å². The number of hydrogen-bond acceptors (Lipinski definition) is 5. The van der Waals surface area contributed by atoms with Crippen molar-refractivity contribution >= 4 is 27.0 Å². The van der Waals surface area contributed by atoms with Crippen molar-refractivity contribution in [3.63, 3.8) is 0 Å². The molecule has 0 fully saturated rings. The summed E-state index contributed by atoms with van der Waals surface area (Å²) in [6, 6.07) is 10.6. The van der Waals surface area contributed by atoms with Crippen LogP contribution < -0.4 is 9.88 Å². The number of para-hydroxylation sites is 1. The molecule has 3 aromatic rings. The second-order valence-corrected chi connectivity index (χ2v) is 6.65. The van der Waals surface area contributed by atoms with E-state index in [4.69, 9.17) is 14.3 Å². The summed E-state index contributed by atoms with van der Waals surface area (Å²) in [4.78, 5) is 10.9. The number of carboxylic acid groups (broad SMARTS) is 1. The van der Waals surface area contributed by atoms with Crippen molar-refractivity contribution < 1.29 is 27.5 Å². The van der Waals surface area contributed by atoms with E-state index in [0.717, 1.165) is 11.5 Å². The Bertz CT molecular complexity index is 1050. The van der Waals surface area contributed by atoms with Gasteiger partial charge in [0, 0.05) is 10.9 Å². The number of aromatic carboxylic acids is 1. The van der Waals surface area contributed by atoms with E-state index in [-0.39, 0.29) is 16.0 Å². The number of furan rings is 1. The first kappa shape index (κ1) is 16.0. The van der Waals surface area contributed by atoms with Crippen LogP contribution in [0.25, 0.3) is 22.3 Å². The maximum Gasteiger partial charge on any atom is 0.335 e. The standard InChI is InChI=1S/C16H13NO6S/c1-22-13-4-2-3-9-8-14(23-15(9)13)10-5-11(16(18)19)7-12(6-10)24(17,20)21/h2-8H,1H3,(H,18,19)(H2,17,20,21). The molecule has 3 N–H and O–H groups in total. The average Bonchev–Trinajstić information content (AvgIpc) is 2.97. The lowest BCUT2D eigenvalue weighted by atomic mass is 10.1. The smallest absolute Gasteiger partial charge is 0.335 e. The first-order valence-electron chi connectivity index (χ1n) is 6.77. The Kier molecular flexibility index (Phi) is 3.78. The number of fused-ring (bicyclic) bond motifs is 1. The highest BCUT2D eigenvalue weighted by Crippen LogP contribution is 2.34. The molecule has 0 amide bonds. The van der Waals surface area contributed by atoms with Crippen molar-refractivity contribution in [2.24, 2.45) is 5.14 Å². The molecule has 0 bridgehead atoms. The van der Waals surface area contributed by atoms with Crippen LogP contribution in [0.5, 0.6) is 5.75 Å². The number of nitrogens with two attached hydrogens (primary N) is 1. The number of methoxy groups -OCH3 is 1. The minimum atomic E-state index is -4.06. The third-order valence-electron chi connectivity index (χ3n) is 3.49. The molecule has 0 aliphatic heterocycles. The Morgan fingerprint density at radius 1 is 1.21 bits per heavy atom. The lowest BCUT2D eigenvalue weighted by Gasteiger charge is -2.04. The monoisotopic (exact) mass is 347 g/mol. The van der Waals surface area contributed by atoms with Gasteiger partial charge in [-0.3, -0.25) is 0 Å². The fourth-order valence-electron chi connectivity index (χ4n) is 2.37. The summed E-state index contributed by atoms with van der Waals surface area (Å²) in [5.41, 5.74) is 0.564. The first-order valence-corrected chi connectivity index (χ1v) is 8.32. The van der Waals surface area contributed by atoms with Crippen molar-refractivity contribution in [3.05, 3.63) is 48.0 Å². The predicted molar refractivity (Wildman–Crippen MR) is 86.5 cm³/mol. The highest BCUT2D eigenvalue weighted by Gasteiger charge is 2.17. The number of rotatable bonds is 4. The van der Waals surface area contributed by atoms with E-state index in [1.54, 1.807) is 24.3 Å². The van der Waals surface area contributed by atoms with E-state index < -0.39 is 16.0 Å². The fraction of sp³-hybridized carbons (Fsp3) is 0.0625. The molecule has 0 spiro atoms. The van der Waals surface area contributed by atoms with E-state index in [1.165, 1.54) is 19.2 Å². The van der Waals surface area contributed by atoms with Gasteiger partial charge in [0.2, 0.25) is 10.0 Å². The third kappa shape index (κ3) is 2.84. The molecule has 2 aromatic carbocycles. The van der Waals surface area contributed by atoms with Crippen LogP contribution in [0, 0.1) is 0 Å². The number of sulfonamides is 1. The van der Waals surface area contributed by atoms with E-state index >= 15 is 0 Å². The van der Waals surface area contributed by atoms with Gasteiger partial charge in [-0.15, -0.1) is 0 Å². The molecule has 0 aliphatic rings. The second kappa shape index (κ2) is 5.66. The molecule has 0 unspecified atom stereocenters. The number of ether oxygens (including phenoxy) is 1. The predicted octanol–water partition coefficient (Wildman–Crippen LogP) is 2.45. The zero-order chi connectivity index (χ0) is 17.5. The van der Waals surface area contributed by atoms with Gasteiger partial charge in [-0.25, -0.2) is 18.4 Å². The number of hydrogen-bond donors (Lipinski definition) is 2. The topological polar surface area (TPSA) is 120 Å². The van der Waals surface area contributed by atoms with Gasteiger partial charge in [-0.2, -0.15) is 0 Å². The summed E-state index contributed by atoms with van der Waals surface area (Å²) in [5.74, 6) is -0.447. The zero-order valence-corrected chi connectivity index (χ0v) is 13.3. The summed E-state index contributed by atoms with van der Waals surface area (Å²) in [6.07, 6.45) is 0. The van der Waals surface area contributed by atoms with Crippen molar-refractivity contribution in [2.75, 3.05) is 7.11 Å². The molecular formula is C16H13NO6S. The first-order chi connectivity index (χ1) is 11.3. The Balaban J connectivity index is 2.25. The van der Waals surface area contributed by atoms with Crippen molar-refractivity contribution in [2.45, 2.75) is 4.90 Å². The van der Waals surface area contributed by atoms with Gasteiger partial charge in [0.05, 0.1) is 17.6 Å².